The van der Waals surface area contributed by atoms with Gasteiger partial charge in [-0.15, -0.1) is 0 Å². The predicted octanol–water partition coefficient (Wildman–Crippen LogP) is 1.65. The van der Waals surface area contributed by atoms with Crippen molar-refractivity contribution < 1.29 is 26.7 Å². The van der Waals surface area contributed by atoms with Crippen LogP contribution in [0.2, 0.25) is 0 Å². The van der Waals surface area contributed by atoms with Gasteiger partial charge in [-0.3, -0.25) is 4.79 Å². The Morgan fingerprint density at radius 3 is 2.73 bits per heavy atom. The molecule has 1 aliphatic heterocycles. The van der Waals surface area contributed by atoms with Crippen LogP contribution >= 0.6 is 0 Å². The van der Waals surface area contributed by atoms with E-state index >= 15 is 0 Å². The Bertz CT molecular complexity index is 651. The molecular formula is C13H16F2N2O4S. The number of rotatable bonds is 5. The molecule has 1 atom stereocenters. The van der Waals surface area contributed by atoms with Crippen molar-refractivity contribution in [3.8, 4) is 5.75 Å². The molecule has 0 bridgehead atoms. The van der Waals surface area contributed by atoms with Crippen molar-refractivity contribution in [1.29, 1.82) is 0 Å². The Labute approximate surface area is 127 Å². The highest BCUT2D eigenvalue weighted by molar-refractivity contribution is 7.88. The number of sulfonamides is 1. The zero-order valence-corrected chi connectivity index (χ0v) is 12.6. The molecule has 1 heterocycles. The molecule has 1 saturated heterocycles. The van der Waals surface area contributed by atoms with Crippen molar-refractivity contribution >= 4 is 21.6 Å². The second-order valence-electron chi connectivity index (χ2n) is 4.90. The van der Waals surface area contributed by atoms with Gasteiger partial charge >= 0.3 is 6.61 Å². The van der Waals surface area contributed by atoms with E-state index in [-0.39, 0.29) is 18.0 Å². The average Bonchev–Trinajstić information content (AvgIpc) is 2.89. The molecule has 1 amide bonds. The first-order valence-corrected chi connectivity index (χ1v) is 8.45. The van der Waals surface area contributed by atoms with Gasteiger partial charge in [0.05, 0.1) is 11.9 Å². The van der Waals surface area contributed by atoms with E-state index < -0.39 is 28.6 Å². The number of alkyl halides is 2. The third-order valence-electron chi connectivity index (χ3n) is 3.29. The van der Waals surface area contributed by atoms with Crippen molar-refractivity contribution in [2.24, 2.45) is 0 Å². The van der Waals surface area contributed by atoms with Gasteiger partial charge in [-0.25, -0.2) is 8.42 Å². The van der Waals surface area contributed by atoms with Crippen molar-refractivity contribution in [3.63, 3.8) is 0 Å². The molecule has 1 N–H and O–H groups in total. The number of halogens is 2. The maximum absolute atomic E-state index is 12.3. The molecule has 0 aliphatic carbocycles. The molecule has 0 saturated carbocycles. The van der Waals surface area contributed by atoms with Gasteiger partial charge in [0.1, 0.15) is 11.8 Å². The lowest BCUT2D eigenvalue weighted by molar-refractivity contribution is -0.119. The fraction of sp³-hybridized carbons (Fsp3) is 0.462. The number of carbonyl (C=O) groups is 1. The predicted molar refractivity (Wildman–Crippen MR) is 76.3 cm³/mol. The number of hydrogen-bond acceptors (Lipinski definition) is 4. The van der Waals surface area contributed by atoms with Gasteiger partial charge < -0.3 is 10.1 Å². The minimum absolute atomic E-state index is 0.0770. The highest BCUT2D eigenvalue weighted by Crippen LogP contribution is 2.27. The maximum Gasteiger partial charge on any atom is 0.387 e. The van der Waals surface area contributed by atoms with E-state index in [1.54, 1.807) is 6.07 Å². The summed E-state index contributed by atoms with van der Waals surface area (Å²) in [5.74, 6) is -0.733. The average molecular weight is 334 g/mol. The summed E-state index contributed by atoms with van der Waals surface area (Å²) in [6.45, 7) is -2.75. The molecule has 9 heteroatoms. The fourth-order valence-electron chi connectivity index (χ4n) is 2.38. The summed E-state index contributed by atoms with van der Waals surface area (Å²) in [5.41, 5.74) is 0.0770. The molecule has 0 radical (unpaired) electrons. The molecule has 1 fully saturated rings. The molecule has 6 nitrogen and oxygen atoms in total. The van der Waals surface area contributed by atoms with Crippen LogP contribution in [0.4, 0.5) is 14.5 Å². The minimum atomic E-state index is -3.50. The molecule has 0 unspecified atom stereocenters. The lowest BCUT2D eigenvalue weighted by Crippen LogP contribution is -2.42. The Kier molecular flexibility index (Phi) is 4.97. The molecule has 22 heavy (non-hydrogen) atoms. The van der Waals surface area contributed by atoms with Crippen LogP contribution in [0.1, 0.15) is 12.8 Å². The summed E-state index contributed by atoms with van der Waals surface area (Å²) in [7, 11) is -3.50. The van der Waals surface area contributed by atoms with E-state index in [9.17, 15) is 22.0 Å². The first-order chi connectivity index (χ1) is 10.3. The third kappa shape index (κ3) is 3.92. The first-order valence-electron chi connectivity index (χ1n) is 6.60. The monoisotopic (exact) mass is 334 g/mol. The summed E-state index contributed by atoms with van der Waals surface area (Å²) >= 11 is 0. The maximum atomic E-state index is 12.3. The van der Waals surface area contributed by atoms with E-state index in [4.69, 9.17) is 0 Å². The number of carbonyl (C=O) groups excluding carboxylic acids is 1. The normalized spacial score (nSPS) is 19.4. The second kappa shape index (κ2) is 6.57. The van der Waals surface area contributed by atoms with Crippen LogP contribution in [0.25, 0.3) is 0 Å². The summed E-state index contributed by atoms with van der Waals surface area (Å²) in [6.07, 6.45) is 1.99. The first kappa shape index (κ1) is 16.6. The molecule has 0 spiro atoms. The number of hydrogen-bond donors (Lipinski definition) is 1. The number of para-hydroxylation sites is 2. The van der Waals surface area contributed by atoms with Crippen LogP contribution in [0, 0.1) is 0 Å². The Hall–Kier alpha value is -1.74. The number of amides is 1. The molecule has 2 rings (SSSR count). The van der Waals surface area contributed by atoms with Crippen LogP contribution in [0.3, 0.4) is 0 Å². The summed E-state index contributed by atoms with van der Waals surface area (Å²) < 4.78 is 53.4. The Morgan fingerprint density at radius 1 is 1.41 bits per heavy atom. The lowest BCUT2D eigenvalue weighted by atomic mass is 10.2. The minimum Gasteiger partial charge on any atom is -0.433 e. The summed E-state index contributed by atoms with van der Waals surface area (Å²) in [5, 5.41) is 2.46. The Morgan fingerprint density at radius 2 is 2.09 bits per heavy atom. The smallest absolute Gasteiger partial charge is 0.387 e. The topological polar surface area (TPSA) is 75.7 Å². The molecule has 122 valence electrons. The van der Waals surface area contributed by atoms with Gasteiger partial charge in [-0.1, -0.05) is 12.1 Å². The zero-order valence-electron chi connectivity index (χ0n) is 11.8. The molecule has 1 aromatic rings. The number of benzene rings is 1. The quantitative estimate of drug-likeness (QED) is 0.888. The van der Waals surface area contributed by atoms with Crippen LogP contribution in [-0.2, 0) is 14.8 Å². The van der Waals surface area contributed by atoms with E-state index in [1.165, 1.54) is 18.2 Å². The van der Waals surface area contributed by atoms with Crippen molar-refractivity contribution in [1.82, 2.24) is 4.31 Å². The van der Waals surface area contributed by atoms with Gasteiger partial charge in [-0.05, 0) is 25.0 Å². The van der Waals surface area contributed by atoms with E-state index in [1.807, 2.05) is 0 Å². The molecule has 1 aliphatic rings. The van der Waals surface area contributed by atoms with Crippen LogP contribution in [-0.4, -0.2) is 44.1 Å². The largest absolute Gasteiger partial charge is 0.433 e. The number of ether oxygens (including phenoxy) is 1. The van der Waals surface area contributed by atoms with Gasteiger partial charge in [-0.2, -0.15) is 13.1 Å². The van der Waals surface area contributed by atoms with Crippen molar-refractivity contribution in [2.45, 2.75) is 25.5 Å². The number of nitrogens with one attached hydrogen (secondary N) is 1. The highest BCUT2D eigenvalue weighted by Gasteiger charge is 2.36. The van der Waals surface area contributed by atoms with Gasteiger partial charge in [0.25, 0.3) is 0 Å². The second-order valence-corrected chi connectivity index (χ2v) is 6.83. The van der Waals surface area contributed by atoms with Crippen LogP contribution in [0.5, 0.6) is 5.75 Å². The van der Waals surface area contributed by atoms with Crippen LogP contribution < -0.4 is 10.1 Å². The lowest BCUT2D eigenvalue weighted by Gasteiger charge is -2.22. The summed E-state index contributed by atoms with van der Waals surface area (Å²) in [6, 6.07) is 4.91. The summed E-state index contributed by atoms with van der Waals surface area (Å²) in [4.78, 5) is 12.2. The number of anilines is 1. The van der Waals surface area contributed by atoms with E-state index in [0.717, 1.165) is 10.6 Å². The number of nitrogens with zero attached hydrogens (tertiary/aromatic N) is 1. The standard InChI is InChI=1S/C13H16F2N2O4S/c1-22(19,20)17-8-4-6-10(17)12(18)16-9-5-2-3-7-11(9)21-13(14)15/h2-3,5,7,10,13H,4,6,8H2,1H3,(H,16,18)/t10-/m0/s1. The van der Waals surface area contributed by atoms with Crippen LogP contribution in [0.15, 0.2) is 24.3 Å². The van der Waals surface area contributed by atoms with Gasteiger partial charge in [0.2, 0.25) is 15.9 Å². The van der Waals surface area contributed by atoms with Crippen molar-refractivity contribution in [3.05, 3.63) is 24.3 Å². The van der Waals surface area contributed by atoms with E-state index in [2.05, 4.69) is 10.1 Å². The SMILES string of the molecule is CS(=O)(=O)N1CCC[C@H]1C(=O)Nc1ccccc1OC(F)F. The fourth-order valence-corrected chi connectivity index (χ4v) is 3.51. The zero-order chi connectivity index (χ0) is 16.3. The highest BCUT2D eigenvalue weighted by atomic mass is 32.2. The Balaban J connectivity index is 2.16. The third-order valence-corrected chi connectivity index (χ3v) is 4.58. The van der Waals surface area contributed by atoms with Gasteiger partial charge in [0, 0.05) is 6.54 Å². The van der Waals surface area contributed by atoms with E-state index in [0.29, 0.717) is 12.8 Å². The molecular weight excluding hydrogens is 318 g/mol. The molecule has 0 aromatic heterocycles. The molecule has 1 aromatic carbocycles. The van der Waals surface area contributed by atoms with Crippen molar-refractivity contribution in [2.75, 3.05) is 18.1 Å². The van der Waals surface area contributed by atoms with Gasteiger partial charge in [0.15, 0.2) is 0 Å².